The van der Waals surface area contributed by atoms with Gasteiger partial charge < -0.3 is 18.7 Å². The van der Waals surface area contributed by atoms with Crippen molar-refractivity contribution in [3.63, 3.8) is 0 Å². The molecule has 0 aromatic heterocycles. The number of piperidine rings is 1. The van der Waals surface area contributed by atoms with E-state index in [1.54, 1.807) is 6.92 Å². The minimum atomic E-state index is -0.140. The lowest BCUT2D eigenvalue weighted by atomic mass is 9.44. The Hall–Kier alpha value is -1.18. The number of hydrogen-bond donors (Lipinski definition) is 0. The predicted octanol–water partition coefficient (Wildman–Crippen LogP) is 5.59. The molecular formula is C35H59N2O5+. The van der Waals surface area contributed by atoms with E-state index >= 15 is 0 Å². The second-order valence-electron chi connectivity index (χ2n) is 16.0. The lowest BCUT2D eigenvalue weighted by Gasteiger charge is -2.62. The van der Waals surface area contributed by atoms with Crippen molar-refractivity contribution in [1.82, 2.24) is 4.90 Å². The van der Waals surface area contributed by atoms with Crippen molar-refractivity contribution in [2.24, 2.45) is 34.5 Å². The summed E-state index contributed by atoms with van der Waals surface area (Å²) >= 11 is 0. The number of quaternary nitrogens is 1. The number of likely N-dealkylation sites (N-methyl/N-ethyl adjacent to an activating group) is 1. The molecule has 7 nitrogen and oxygen atoms in total. The molecule has 238 valence electrons. The molecule has 10 atom stereocenters. The zero-order valence-electron chi connectivity index (χ0n) is 27.3. The van der Waals surface area contributed by atoms with E-state index in [0.717, 1.165) is 56.5 Å². The molecule has 6 fully saturated rings. The third-order valence-electron chi connectivity index (χ3n) is 13.8. The fraction of sp³-hybridized carbons (Fsp3) is 0.943. The zero-order valence-corrected chi connectivity index (χ0v) is 27.3. The van der Waals surface area contributed by atoms with Crippen LogP contribution in [0.15, 0.2) is 0 Å². The van der Waals surface area contributed by atoms with E-state index in [2.05, 4.69) is 32.7 Å². The van der Waals surface area contributed by atoms with Crippen molar-refractivity contribution in [2.45, 2.75) is 129 Å². The molecule has 0 amide bonds. The number of fused-ring (bicyclic) bond motifs is 5. The maximum absolute atomic E-state index is 13.1. The Balaban J connectivity index is 1.29. The fourth-order valence-corrected chi connectivity index (χ4v) is 11.6. The summed E-state index contributed by atoms with van der Waals surface area (Å²) in [5, 5.41) is 0. The quantitative estimate of drug-likeness (QED) is 0.298. The van der Waals surface area contributed by atoms with Gasteiger partial charge in [-0.25, -0.2) is 0 Å². The van der Waals surface area contributed by atoms with Crippen LogP contribution in [0, 0.1) is 34.5 Å². The first-order valence-electron chi connectivity index (χ1n) is 17.6. The van der Waals surface area contributed by atoms with Gasteiger partial charge in [0.2, 0.25) is 0 Å². The zero-order chi connectivity index (χ0) is 29.7. The molecule has 0 aromatic carbocycles. The highest BCUT2D eigenvalue weighted by molar-refractivity contribution is 5.69. The van der Waals surface area contributed by atoms with Gasteiger partial charge in [0.05, 0.1) is 33.4 Å². The number of likely N-dealkylation sites (tertiary alicyclic amines) is 1. The van der Waals surface area contributed by atoms with Crippen molar-refractivity contribution in [3.8, 4) is 0 Å². The van der Waals surface area contributed by atoms with E-state index in [-0.39, 0.29) is 41.0 Å². The summed E-state index contributed by atoms with van der Waals surface area (Å²) in [5.74, 6) is 2.48. The van der Waals surface area contributed by atoms with Crippen LogP contribution in [-0.2, 0) is 23.8 Å². The number of carbonyl (C=O) groups excluding carboxylic acids is 2. The van der Waals surface area contributed by atoms with Crippen molar-refractivity contribution in [3.05, 3.63) is 0 Å². The first-order chi connectivity index (χ1) is 20.1. The van der Waals surface area contributed by atoms with Crippen molar-refractivity contribution in [1.29, 1.82) is 0 Å². The van der Waals surface area contributed by atoms with Crippen molar-refractivity contribution < 1.29 is 28.3 Å². The van der Waals surface area contributed by atoms with E-state index in [1.807, 2.05) is 0 Å². The van der Waals surface area contributed by atoms with Crippen LogP contribution in [0.2, 0.25) is 0 Å². The summed E-state index contributed by atoms with van der Waals surface area (Å²) in [7, 11) is 2.48. The van der Waals surface area contributed by atoms with E-state index in [9.17, 15) is 9.59 Å². The van der Waals surface area contributed by atoms with Crippen LogP contribution >= 0.6 is 0 Å². The topological polar surface area (TPSA) is 65.1 Å². The Kier molecular flexibility index (Phi) is 8.78. The minimum Gasteiger partial charge on any atom is -0.461 e. The van der Waals surface area contributed by atoms with Crippen LogP contribution in [0.5, 0.6) is 0 Å². The van der Waals surface area contributed by atoms with Gasteiger partial charge in [0, 0.05) is 44.3 Å². The minimum absolute atomic E-state index is 0.00847. The predicted molar refractivity (Wildman–Crippen MR) is 163 cm³/mol. The Bertz CT molecular complexity index is 992. The van der Waals surface area contributed by atoms with Gasteiger partial charge >= 0.3 is 11.9 Å². The average Bonchev–Trinajstić information content (AvgIpc) is 3.26. The van der Waals surface area contributed by atoms with Crippen LogP contribution in [0.4, 0.5) is 0 Å². The standard InChI is InChI=1S/C35H59N2O5/c1-6-10-32(39)42-33-30(37(5)17-8-7-9-18-37)22-28-26-12-11-25-21-31(41-24(2)38)29(36-15-19-40-20-16-36)23-35(25,4)27(26)13-14-34(28,33)3/h25-31,33H,6-23H2,1-5H3/q+1/t25-,26?,27?,28?,29-,30-,31-,33-,34-,35-/m0/s1. The summed E-state index contributed by atoms with van der Waals surface area (Å²) in [5.41, 5.74) is 0.315. The van der Waals surface area contributed by atoms with Crippen LogP contribution in [0.25, 0.3) is 0 Å². The Labute approximate surface area is 255 Å². The third-order valence-corrected chi connectivity index (χ3v) is 13.8. The second-order valence-corrected chi connectivity index (χ2v) is 16.0. The first-order valence-corrected chi connectivity index (χ1v) is 17.6. The molecule has 6 aliphatic rings. The van der Waals surface area contributed by atoms with Gasteiger partial charge in [-0.2, -0.15) is 0 Å². The molecule has 0 bridgehead atoms. The number of morpholine rings is 1. The van der Waals surface area contributed by atoms with Crippen LogP contribution in [0.3, 0.4) is 0 Å². The molecular weight excluding hydrogens is 528 g/mol. The number of ether oxygens (including phenoxy) is 3. The van der Waals surface area contributed by atoms with Crippen molar-refractivity contribution >= 4 is 11.9 Å². The van der Waals surface area contributed by atoms with Gasteiger partial charge in [-0.1, -0.05) is 20.8 Å². The molecule has 2 saturated heterocycles. The van der Waals surface area contributed by atoms with E-state index in [4.69, 9.17) is 14.2 Å². The van der Waals surface area contributed by atoms with Crippen molar-refractivity contribution in [2.75, 3.05) is 46.4 Å². The third kappa shape index (κ3) is 5.36. The first kappa shape index (κ1) is 30.8. The molecule has 0 aromatic rings. The molecule has 2 heterocycles. The molecule has 42 heavy (non-hydrogen) atoms. The second kappa shape index (κ2) is 12.0. The van der Waals surface area contributed by atoms with Gasteiger partial charge in [0.25, 0.3) is 0 Å². The van der Waals surface area contributed by atoms with Gasteiger partial charge in [-0.3, -0.25) is 14.5 Å². The van der Waals surface area contributed by atoms with Crippen LogP contribution in [0.1, 0.15) is 105 Å². The number of esters is 2. The van der Waals surface area contributed by atoms with Gasteiger partial charge in [0.1, 0.15) is 12.1 Å². The highest BCUT2D eigenvalue weighted by Crippen LogP contribution is 2.67. The van der Waals surface area contributed by atoms with Gasteiger partial charge in [0.15, 0.2) is 6.10 Å². The van der Waals surface area contributed by atoms with Gasteiger partial charge in [-0.15, -0.1) is 0 Å². The van der Waals surface area contributed by atoms with E-state index < -0.39 is 0 Å². The SMILES string of the molecule is CCCC(=O)O[C@H]1[C@@H]([N+]2(C)CCCCC2)CC2C3CC[C@H]4C[C@H](OC(C)=O)[C@@H](N5CCOCC5)C[C@]4(C)C3CC[C@@]21C. The van der Waals surface area contributed by atoms with E-state index in [0.29, 0.717) is 36.1 Å². The molecule has 4 aliphatic carbocycles. The summed E-state index contributed by atoms with van der Waals surface area (Å²) in [6.07, 6.45) is 13.6. The lowest BCUT2D eigenvalue weighted by molar-refractivity contribution is -0.940. The number of nitrogens with zero attached hydrogens (tertiary/aromatic N) is 2. The smallest absolute Gasteiger partial charge is 0.306 e. The highest BCUT2D eigenvalue weighted by Gasteiger charge is 2.67. The molecule has 2 aliphatic heterocycles. The van der Waals surface area contributed by atoms with E-state index in [1.165, 1.54) is 58.0 Å². The maximum atomic E-state index is 13.1. The molecule has 7 heteroatoms. The Morgan fingerprint density at radius 3 is 2.38 bits per heavy atom. The average molecular weight is 588 g/mol. The van der Waals surface area contributed by atoms with Crippen LogP contribution in [-0.4, -0.2) is 92.1 Å². The Morgan fingerprint density at radius 1 is 0.952 bits per heavy atom. The maximum Gasteiger partial charge on any atom is 0.306 e. The molecule has 4 saturated carbocycles. The fourth-order valence-electron chi connectivity index (χ4n) is 11.6. The Morgan fingerprint density at radius 2 is 1.69 bits per heavy atom. The summed E-state index contributed by atoms with van der Waals surface area (Å²) in [6.45, 7) is 14.6. The summed E-state index contributed by atoms with van der Waals surface area (Å²) in [4.78, 5) is 27.9. The summed E-state index contributed by atoms with van der Waals surface area (Å²) in [6, 6.07) is 0.703. The highest BCUT2D eigenvalue weighted by atomic mass is 16.5. The van der Waals surface area contributed by atoms with Gasteiger partial charge in [-0.05, 0) is 93.3 Å². The molecule has 6 rings (SSSR count). The largest absolute Gasteiger partial charge is 0.461 e. The number of carbonyl (C=O) groups is 2. The molecule has 0 spiro atoms. The van der Waals surface area contributed by atoms with Crippen LogP contribution < -0.4 is 0 Å². The normalized spacial score (nSPS) is 45.3. The summed E-state index contributed by atoms with van der Waals surface area (Å²) < 4.78 is 19.5. The molecule has 0 radical (unpaired) electrons. The number of rotatable bonds is 6. The molecule has 0 N–H and O–H groups in total. The number of hydrogen-bond acceptors (Lipinski definition) is 6. The monoisotopic (exact) mass is 587 g/mol. The molecule has 3 unspecified atom stereocenters. The lowest BCUT2D eigenvalue weighted by Crippen LogP contribution is -2.62.